The molecule has 0 aliphatic rings. The molecule has 2 rings (SSSR count). The first-order valence-electron chi connectivity index (χ1n) is 15.2. The number of carbonyl (C=O) groups excluding carboxylic acids is 1. The maximum atomic E-state index is 12.7. The Morgan fingerprint density at radius 1 is 0.780 bits per heavy atom. The number of hydrogen-bond acceptors (Lipinski definition) is 5. The summed E-state index contributed by atoms with van der Waals surface area (Å²) in [7, 11) is 0. The maximum Gasteiger partial charge on any atom is 0.244 e. The normalized spacial score (nSPS) is 12.4. The van der Waals surface area contributed by atoms with Gasteiger partial charge in [0.15, 0.2) is 11.5 Å². The van der Waals surface area contributed by atoms with Gasteiger partial charge in [-0.1, -0.05) is 81.4 Å². The van der Waals surface area contributed by atoms with E-state index in [0.717, 1.165) is 42.4 Å². The molecule has 0 saturated carbocycles. The molecular weight excluding hydrogens is 514 g/mol. The van der Waals surface area contributed by atoms with Gasteiger partial charge in [-0.25, -0.2) is 0 Å². The second-order valence-corrected chi connectivity index (χ2v) is 12.9. The molecule has 6 heteroatoms. The molecule has 6 nitrogen and oxygen atoms in total. The Labute approximate surface area is 248 Å². The maximum absolute atomic E-state index is 12.7. The fraction of sp³-hybridized carbons (Fsp3) is 0.571. The Bertz CT molecular complexity index is 1110. The van der Waals surface area contributed by atoms with E-state index in [2.05, 4.69) is 46.9 Å². The van der Waals surface area contributed by atoms with E-state index in [4.69, 9.17) is 9.47 Å². The van der Waals surface area contributed by atoms with Crippen LogP contribution >= 0.6 is 0 Å². The van der Waals surface area contributed by atoms with Crippen LogP contribution in [0.15, 0.2) is 30.3 Å². The van der Waals surface area contributed by atoms with Gasteiger partial charge in [0.1, 0.15) is 5.75 Å². The fourth-order valence-corrected chi connectivity index (χ4v) is 4.69. The Morgan fingerprint density at radius 3 is 1.61 bits per heavy atom. The van der Waals surface area contributed by atoms with Gasteiger partial charge in [0.05, 0.1) is 12.2 Å². The Morgan fingerprint density at radius 2 is 1.22 bits per heavy atom. The highest BCUT2D eigenvalue weighted by Crippen LogP contribution is 2.41. The summed E-state index contributed by atoms with van der Waals surface area (Å²) in [5.41, 5.74) is 3.20. The molecule has 0 atom stereocenters. The Hall–Kier alpha value is -3.15. The summed E-state index contributed by atoms with van der Waals surface area (Å²) in [4.78, 5) is 12.7. The van der Waals surface area contributed by atoms with Crippen molar-refractivity contribution in [3.05, 3.63) is 52.6 Å². The fourth-order valence-electron chi connectivity index (χ4n) is 4.69. The highest BCUT2D eigenvalue weighted by Gasteiger charge is 2.26. The highest BCUT2D eigenvalue weighted by atomic mass is 16.5. The van der Waals surface area contributed by atoms with Crippen molar-refractivity contribution >= 4 is 12.0 Å². The minimum absolute atomic E-state index is 0.0106. The number of ether oxygens (including phenoxy) is 2. The van der Waals surface area contributed by atoms with Crippen molar-refractivity contribution in [2.75, 3.05) is 6.54 Å². The van der Waals surface area contributed by atoms with Crippen molar-refractivity contribution in [1.29, 1.82) is 0 Å². The highest BCUT2D eigenvalue weighted by molar-refractivity contribution is 5.91. The van der Waals surface area contributed by atoms with Crippen LogP contribution in [0.4, 0.5) is 0 Å². The number of benzene rings is 2. The van der Waals surface area contributed by atoms with Crippen LogP contribution in [0.5, 0.6) is 23.0 Å². The molecule has 0 fully saturated rings. The van der Waals surface area contributed by atoms with Gasteiger partial charge in [-0.3, -0.25) is 4.79 Å². The minimum atomic E-state index is -0.214. The first kappa shape index (κ1) is 34.1. The summed E-state index contributed by atoms with van der Waals surface area (Å²) in [5, 5.41) is 24.8. The van der Waals surface area contributed by atoms with E-state index >= 15 is 0 Å². The summed E-state index contributed by atoms with van der Waals surface area (Å²) < 4.78 is 12.2. The molecule has 0 unspecified atom stereocenters. The van der Waals surface area contributed by atoms with Crippen LogP contribution < -0.4 is 14.8 Å². The van der Waals surface area contributed by atoms with Crippen molar-refractivity contribution in [2.24, 2.45) is 0 Å². The van der Waals surface area contributed by atoms with Gasteiger partial charge < -0.3 is 25.0 Å². The number of rotatable bonds is 13. The van der Waals surface area contributed by atoms with Gasteiger partial charge in [0, 0.05) is 12.6 Å². The molecule has 0 aliphatic heterocycles. The quantitative estimate of drug-likeness (QED) is 0.212. The monoisotopic (exact) mass is 567 g/mol. The molecule has 3 N–H and O–H groups in total. The minimum Gasteiger partial charge on any atom is -0.507 e. The van der Waals surface area contributed by atoms with E-state index < -0.39 is 0 Å². The van der Waals surface area contributed by atoms with E-state index in [-0.39, 0.29) is 34.7 Å². The van der Waals surface area contributed by atoms with Gasteiger partial charge >= 0.3 is 0 Å². The van der Waals surface area contributed by atoms with Gasteiger partial charge in [-0.15, -0.1) is 0 Å². The second kappa shape index (κ2) is 14.7. The second-order valence-electron chi connectivity index (χ2n) is 12.9. The number of carbonyl (C=O) groups is 1. The molecule has 0 aliphatic carbocycles. The molecule has 0 aromatic heterocycles. The number of phenols is 2. The summed E-state index contributed by atoms with van der Waals surface area (Å²) in [5.74, 6) is 0.852. The molecule has 0 saturated heterocycles. The number of amides is 1. The third kappa shape index (κ3) is 9.72. The summed E-state index contributed by atoms with van der Waals surface area (Å²) >= 11 is 0. The van der Waals surface area contributed by atoms with E-state index in [1.807, 2.05) is 39.8 Å². The van der Waals surface area contributed by atoms with Crippen LogP contribution in [0, 0.1) is 0 Å². The van der Waals surface area contributed by atoms with Crippen LogP contribution in [-0.2, 0) is 22.0 Å². The molecule has 0 spiro atoms. The zero-order valence-electron chi connectivity index (χ0n) is 27.0. The lowest BCUT2D eigenvalue weighted by molar-refractivity contribution is -0.116. The van der Waals surface area contributed by atoms with Crippen molar-refractivity contribution in [3.8, 4) is 23.0 Å². The third-order valence-corrected chi connectivity index (χ3v) is 7.40. The summed E-state index contributed by atoms with van der Waals surface area (Å²) in [6.07, 6.45) is 7.06. The van der Waals surface area contributed by atoms with Gasteiger partial charge in [-0.05, 0) is 83.4 Å². The average molecular weight is 568 g/mol. The van der Waals surface area contributed by atoms with E-state index in [1.165, 1.54) is 6.08 Å². The standard InChI is InChI=1S/C35H53NO5/c1-11-25(12-2)40-29-21-23(22-30(33(29)39)41-26(13-3)14-4)15-16-31(37)36-18-17-24-19-27(34(5,6)7)32(38)28(20-24)35(8,9)10/h15-16,19-22,25-26,38-39H,11-14,17-18H2,1-10H3,(H,36,37)/b16-15+. The van der Waals surface area contributed by atoms with E-state index in [1.54, 1.807) is 18.2 Å². The van der Waals surface area contributed by atoms with E-state index in [9.17, 15) is 15.0 Å². The molecule has 0 bridgehead atoms. The van der Waals surface area contributed by atoms with Crippen molar-refractivity contribution < 1.29 is 24.5 Å². The topological polar surface area (TPSA) is 88.0 Å². The van der Waals surface area contributed by atoms with Crippen molar-refractivity contribution in [1.82, 2.24) is 5.32 Å². The lowest BCUT2D eigenvalue weighted by atomic mass is 9.78. The Kier molecular flexibility index (Phi) is 12.2. The van der Waals surface area contributed by atoms with Crippen LogP contribution in [0.3, 0.4) is 0 Å². The largest absolute Gasteiger partial charge is 0.507 e. The van der Waals surface area contributed by atoms with Crippen molar-refractivity contribution in [3.63, 3.8) is 0 Å². The number of phenolic OH excluding ortho intramolecular Hbond substituents is 2. The summed E-state index contributed by atoms with van der Waals surface area (Å²) in [6.45, 7) is 21.2. The first-order chi connectivity index (χ1) is 19.1. The lowest BCUT2D eigenvalue weighted by Gasteiger charge is -2.28. The van der Waals surface area contributed by atoms with Crippen LogP contribution in [0.1, 0.15) is 117 Å². The van der Waals surface area contributed by atoms with Gasteiger partial charge in [0.25, 0.3) is 0 Å². The molecule has 2 aromatic rings. The van der Waals surface area contributed by atoms with Crippen LogP contribution in [-0.4, -0.2) is 34.9 Å². The smallest absolute Gasteiger partial charge is 0.244 e. The zero-order valence-corrected chi connectivity index (χ0v) is 27.0. The summed E-state index contributed by atoms with van der Waals surface area (Å²) in [6, 6.07) is 7.59. The predicted octanol–water partition coefficient (Wildman–Crippen LogP) is 8.20. The molecule has 0 heterocycles. The molecule has 1 amide bonds. The number of aromatic hydroxyl groups is 2. The van der Waals surface area contributed by atoms with Crippen LogP contribution in [0.25, 0.3) is 6.08 Å². The number of nitrogens with one attached hydrogen (secondary N) is 1. The third-order valence-electron chi connectivity index (χ3n) is 7.40. The van der Waals surface area contributed by atoms with Crippen molar-refractivity contribution in [2.45, 2.75) is 124 Å². The molecule has 41 heavy (non-hydrogen) atoms. The lowest BCUT2D eigenvalue weighted by Crippen LogP contribution is -2.24. The molecule has 0 radical (unpaired) electrons. The number of hydrogen-bond donors (Lipinski definition) is 3. The Balaban J connectivity index is 2.22. The predicted molar refractivity (Wildman–Crippen MR) is 169 cm³/mol. The average Bonchev–Trinajstić information content (AvgIpc) is 2.90. The molecule has 2 aromatic carbocycles. The zero-order chi connectivity index (χ0) is 31.0. The molecular formula is C35H53NO5. The SMILES string of the molecule is CCC(CC)Oc1cc(/C=C/C(=O)NCCc2cc(C(C)(C)C)c(O)c(C(C)(C)C)c2)cc(OC(CC)CC)c1O. The van der Waals surface area contributed by atoms with Gasteiger partial charge in [-0.2, -0.15) is 0 Å². The molecule has 228 valence electrons. The van der Waals surface area contributed by atoms with Crippen LogP contribution in [0.2, 0.25) is 0 Å². The van der Waals surface area contributed by atoms with Gasteiger partial charge in [0.2, 0.25) is 11.7 Å². The first-order valence-corrected chi connectivity index (χ1v) is 15.2. The van der Waals surface area contributed by atoms with E-state index in [0.29, 0.717) is 35.8 Å².